The van der Waals surface area contributed by atoms with Gasteiger partial charge in [0.15, 0.2) is 11.6 Å². The number of ketones is 1. The van der Waals surface area contributed by atoms with Gasteiger partial charge in [-0.05, 0) is 46.8 Å². The normalized spacial score (nSPS) is 16.6. The van der Waals surface area contributed by atoms with Gasteiger partial charge in [-0.3, -0.25) is 9.59 Å². The number of rotatable bonds is 3. The van der Waals surface area contributed by atoms with Crippen LogP contribution in [0, 0.1) is 0 Å². The van der Waals surface area contributed by atoms with Gasteiger partial charge in [0.05, 0.1) is 24.6 Å². The zero-order valence-electron chi connectivity index (χ0n) is 19.4. The maximum absolute atomic E-state index is 13.2. The lowest BCUT2D eigenvalue weighted by Gasteiger charge is -2.43. The Kier molecular flexibility index (Phi) is 5.06. The van der Waals surface area contributed by atoms with Crippen LogP contribution >= 0.6 is 0 Å². The topological polar surface area (TPSA) is 143 Å². The molecule has 2 aromatic heterocycles. The number of benzene rings is 2. The molecule has 11 heteroatoms. The van der Waals surface area contributed by atoms with Crippen molar-refractivity contribution in [3.05, 3.63) is 53.7 Å². The predicted octanol–water partition coefficient (Wildman–Crippen LogP) is 2.77. The van der Waals surface area contributed by atoms with Gasteiger partial charge in [0, 0.05) is 42.9 Å². The Balaban J connectivity index is 1.19. The average molecular weight is 486 g/mol. The molecular formula is C25H22N6O5. The Morgan fingerprint density at radius 3 is 2.75 bits per heavy atom. The molecule has 0 saturated carbocycles. The summed E-state index contributed by atoms with van der Waals surface area (Å²) in [6.07, 6.45) is 1.25. The van der Waals surface area contributed by atoms with Gasteiger partial charge < -0.3 is 19.5 Å². The van der Waals surface area contributed by atoms with E-state index >= 15 is 0 Å². The third kappa shape index (κ3) is 3.69. The zero-order valence-corrected chi connectivity index (χ0v) is 19.4. The summed E-state index contributed by atoms with van der Waals surface area (Å²) in [6.45, 7) is 0.818. The van der Waals surface area contributed by atoms with Crippen LogP contribution in [0.5, 0.6) is 17.2 Å². The molecular weight excluding hydrogens is 464 g/mol. The minimum Gasteiger partial charge on any atom is -0.507 e. The number of hydrogen-bond donors (Lipinski definition) is 2. The van der Waals surface area contributed by atoms with E-state index in [4.69, 9.17) is 9.47 Å². The minimum atomic E-state index is -0.661. The van der Waals surface area contributed by atoms with Gasteiger partial charge in [0.2, 0.25) is 0 Å². The van der Waals surface area contributed by atoms with Gasteiger partial charge in [0.25, 0.3) is 5.91 Å². The molecule has 0 atom stereocenters. The van der Waals surface area contributed by atoms with Crippen molar-refractivity contribution >= 4 is 22.6 Å². The standard InChI is InChI=1S/C25H22N6O5/c1-35-15-3-4-18-16(11-15)20(32)12-19(26-18)24(34)31-8-6-25(7-9-31)13-21(33)17-10-14(2-5-22(17)36-25)23-27-29-30-28-23/h2-5,10-12H,6-9,13H2,1H3,(H,26,32)(H,27,28,29,30). The third-order valence-corrected chi connectivity index (χ3v) is 6.88. The first-order valence-electron chi connectivity index (χ1n) is 11.5. The number of aromatic hydroxyl groups is 1. The molecule has 182 valence electrons. The van der Waals surface area contributed by atoms with Crippen LogP contribution in [-0.2, 0) is 0 Å². The molecule has 11 nitrogen and oxygen atoms in total. The van der Waals surface area contributed by atoms with E-state index in [-0.39, 0.29) is 29.6 Å². The molecule has 4 aromatic rings. The second kappa shape index (κ2) is 8.29. The molecule has 2 N–H and O–H groups in total. The highest BCUT2D eigenvalue weighted by Gasteiger charge is 2.44. The van der Waals surface area contributed by atoms with Crippen molar-refractivity contribution in [2.45, 2.75) is 24.9 Å². The highest BCUT2D eigenvalue weighted by Crippen LogP contribution is 2.40. The highest BCUT2D eigenvalue weighted by atomic mass is 16.5. The summed E-state index contributed by atoms with van der Waals surface area (Å²) in [7, 11) is 1.54. The van der Waals surface area contributed by atoms with Gasteiger partial charge in [-0.2, -0.15) is 0 Å². The summed E-state index contributed by atoms with van der Waals surface area (Å²) in [4.78, 5) is 32.4. The minimum absolute atomic E-state index is 0.0121. The summed E-state index contributed by atoms with van der Waals surface area (Å²) in [5.74, 6) is 1.28. The molecule has 6 rings (SSSR count). The molecule has 4 heterocycles. The molecule has 1 fully saturated rings. The molecule has 1 amide bonds. The predicted molar refractivity (Wildman–Crippen MR) is 127 cm³/mol. The molecule has 36 heavy (non-hydrogen) atoms. The van der Waals surface area contributed by atoms with E-state index in [0.29, 0.717) is 65.3 Å². The Labute approximate surface area is 205 Å². The van der Waals surface area contributed by atoms with E-state index in [1.54, 1.807) is 48.4 Å². The second-order valence-electron chi connectivity index (χ2n) is 9.05. The fourth-order valence-corrected chi connectivity index (χ4v) is 4.90. The summed E-state index contributed by atoms with van der Waals surface area (Å²) >= 11 is 0. The first-order chi connectivity index (χ1) is 17.4. The lowest BCUT2D eigenvalue weighted by atomic mass is 9.82. The number of H-pyrrole nitrogens is 1. The van der Waals surface area contributed by atoms with Crippen molar-refractivity contribution in [1.82, 2.24) is 30.5 Å². The van der Waals surface area contributed by atoms with Crippen LogP contribution in [0.4, 0.5) is 0 Å². The molecule has 0 aliphatic carbocycles. The van der Waals surface area contributed by atoms with Gasteiger partial charge in [-0.1, -0.05) is 0 Å². The van der Waals surface area contributed by atoms with E-state index in [9.17, 15) is 14.7 Å². The SMILES string of the molecule is COc1ccc2nc(C(=O)N3CCC4(CC3)CC(=O)c3cc(-c5nnn[nH]5)ccc3O4)cc(O)c2c1. The van der Waals surface area contributed by atoms with Crippen molar-refractivity contribution in [2.75, 3.05) is 20.2 Å². The molecule has 2 aliphatic heterocycles. The fraction of sp³-hybridized carbons (Fsp3) is 0.280. The number of hydrogen-bond acceptors (Lipinski definition) is 9. The van der Waals surface area contributed by atoms with Crippen molar-refractivity contribution in [3.8, 4) is 28.6 Å². The first kappa shape index (κ1) is 22.0. The Morgan fingerprint density at radius 1 is 1.17 bits per heavy atom. The summed E-state index contributed by atoms with van der Waals surface area (Å²) in [6, 6.07) is 11.8. The lowest BCUT2D eigenvalue weighted by Crippen LogP contribution is -2.52. The monoisotopic (exact) mass is 486 g/mol. The van der Waals surface area contributed by atoms with Gasteiger partial charge in [0.1, 0.15) is 28.5 Å². The van der Waals surface area contributed by atoms with Crippen LogP contribution in [0.15, 0.2) is 42.5 Å². The van der Waals surface area contributed by atoms with Crippen molar-refractivity contribution in [3.63, 3.8) is 0 Å². The number of methoxy groups -OCH3 is 1. The van der Waals surface area contributed by atoms with Crippen molar-refractivity contribution < 1.29 is 24.2 Å². The number of tetrazole rings is 1. The number of fused-ring (bicyclic) bond motifs is 2. The Hall–Kier alpha value is -4.54. The molecule has 0 bridgehead atoms. The molecule has 0 unspecified atom stereocenters. The summed E-state index contributed by atoms with van der Waals surface area (Å²) in [5.41, 5.74) is 1.22. The third-order valence-electron chi connectivity index (χ3n) is 6.88. The van der Waals surface area contributed by atoms with Crippen LogP contribution in [0.3, 0.4) is 0 Å². The van der Waals surface area contributed by atoms with Crippen LogP contribution in [0.1, 0.15) is 40.1 Å². The largest absolute Gasteiger partial charge is 0.507 e. The number of carbonyl (C=O) groups excluding carboxylic acids is 2. The number of amides is 1. The number of nitrogens with zero attached hydrogens (tertiary/aromatic N) is 5. The number of piperidine rings is 1. The zero-order chi connectivity index (χ0) is 24.9. The van der Waals surface area contributed by atoms with E-state index in [1.807, 2.05) is 0 Å². The van der Waals surface area contributed by atoms with Gasteiger partial charge in [-0.25, -0.2) is 10.1 Å². The number of aromatic nitrogens is 5. The maximum atomic E-state index is 13.2. The van der Waals surface area contributed by atoms with Gasteiger partial charge in [-0.15, -0.1) is 5.10 Å². The van der Waals surface area contributed by atoms with E-state index in [1.165, 1.54) is 6.07 Å². The summed E-state index contributed by atoms with van der Waals surface area (Å²) in [5, 5.41) is 24.7. The number of aromatic amines is 1. The smallest absolute Gasteiger partial charge is 0.272 e. The van der Waals surface area contributed by atoms with Crippen LogP contribution < -0.4 is 9.47 Å². The molecule has 2 aromatic carbocycles. The fourth-order valence-electron chi connectivity index (χ4n) is 4.90. The first-order valence-corrected chi connectivity index (χ1v) is 11.5. The second-order valence-corrected chi connectivity index (χ2v) is 9.05. The molecule has 2 aliphatic rings. The quantitative estimate of drug-likeness (QED) is 0.447. The Morgan fingerprint density at radius 2 is 2.00 bits per heavy atom. The van der Waals surface area contributed by atoms with Crippen molar-refractivity contribution in [1.29, 1.82) is 0 Å². The van der Waals surface area contributed by atoms with E-state index in [2.05, 4.69) is 25.6 Å². The van der Waals surface area contributed by atoms with E-state index in [0.717, 1.165) is 0 Å². The molecule has 1 spiro atoms. The number of likely N-dealkylation sites (tertiary alicyclic amines) is 1. The number of pyridine rings is 1. The van der Waals surface area contributed by atoms with Crippen LogP contribution in [0.25, 0.3) is 22.3 Å². The van der Waals surface area contributed by atoms with Crippen LogP contribution in [-0.4, -0.2) is 73.1 Å². The average Bonchev–Trinajstić information content (AvgIpc) is 3.43. The van der Waals surface area contributed by atoms with Crippen molar-refractivity contribution in [2.24, 2.45) is 0 Å². The Bertz CT molecular complexity index is 1490. The van der Waals surface area contributed by atoms with Crippen LogP contribution in [0.2, 0.25) is 0 Å². The number of nitrogens with one attached hydrogen (secondary N) is 1. The number of ether oxygens (including phenoxy) is 2. The highest BCUT2D eigenvalue weighted by molar-refractivity contribution is 6.01. The molecule has 1 saturated heterocycles. The number of carbonyl (C=O) groups is 2. The lowest BCUT2D eigenvalue weighted by molar-refractivity contribution is -0.00584. The molecule has 0 radical (unpaired) electrons. The van der Waals surface area contributed by atoms with Gasteiger partial charge >= 0.3 is 0 Å². The number of Topliss-reactive ketones (excluding diaryl/α,β-unsaturated/α-hetero) is 1. The summed E-state index contributed by atoms with van der Waals surface area (Å²) < 4.78 is 11.5. The van der Waals surface area contributed by atoms with E-state index < -0.39 is 5.60 Å². The maximum Gasteiger partial charge on any atom is 0.272 e.